The number of nitrogens with one attached hydrogen (secondary N) is 2. The van der Waals surface area contributed by atoms with Gasteiger partial charge < -0.3 is 4.74 Å². The molecule has 4 N–H and O–H groups in total. The van der Waals surface area contributed by atoms with E-state index in [2.05, 4.69) is 15.4 Å². The molecule has 0 unspecified atom stereocenters. The molecule has 0 aliphatic rings. The summed E-state index contributed by atoms with van der Waals surface area (Å²) in [6.45, 7) is 1.09. The molecule has 0 aliphatic heterocycles. The minimum Gasteiger partial charge on any atom is -0.383 e. The number of hydrogen-bond donors (Lipinski definition) is 3. The molecular formula is C5H11N5OS. The van der Waals surface area contributed by atoms with Gasteiger partial charge in [-0.15, -0.1) is 5.10 Å². The minimum atomic E-state index is 0.494. The molecule has 0 fully saturated rings. The number of nitrogens with zero attached hydrogens (tertiary/aromatic N) is 2. The molecule has 0 saturated carbocycles. The zero-order chi connectivity index (χ0) is 8.97. The first kappa shape index (κ1) is 9.17. The average molecular weight is 189 g/mol. The highest BCUT2D eigenvalue weighted by molar-refractivity contribution is 7.71. The molecule has 0 radical (unpaired) electrons. The van der Waals surface area contributed by atoms with Gasteiger partial charge in [0.2, 0.25) is 5.82 Å². The maximum absolute atomic E-state index is 5.61. The van der Waals surface area contributed by atoms with Crippen LogP contribution < -0.4 is 10.9 Å². The van der Waals surface area contributed by atoms with E-state index in [1.807, 2.05) is 0 Å². The molecule has 7 heteroatoms. The summed E-state index contributed by atoms with van der Waals surface area (Å²) in [5.41, 5.74) is 0. The van der Waals surface area contributed by atoms with Crippen LogP contribution >= 0.6 is 12.2 Å². The zero-order valence-corrected chi connectivity index (χ0v) is 7.52. The highest BCUT2D eigenvalue weighted by atomic mass is 32.1. The summed E-state index contributed by atoms with van der Waals surface area (Å²) < 4.78 is 5.34. The third-order valence-electron chi connectivity index (χ3n) is 1.34. The number of aromatic amines is 2. The van der Waals surface area contributed by atoms with E-state index in [4.69, 9.17) is 22.8 Å². The third-order valence-corrected chi connectivity index (χ3v) is 1.63. The molecule has 1 aromatic heterocycles. The highest BCUT2D eigenvalue weighted by Gasteiger charge is 2.05. The molecule has 0 bridgehead atoms. The van der Waals surface area contributed by atoms with E-state index in [1.54, 1.807) is 7.11 Å². The summed E-state index contributed by atoms with van der Waals surface area (Å²) in [6, 6.07) is 0. The SMILES string of the molecule is COCCN(N)c1n[nH][nH]c1=S. The van der Waals surface area contributed by atoms with E-state index in [0.29, 0.717) is 23.6 Å². The minimum absolute atomic E-state index is 0.494. The van der Waals surface area contributed by atoms with Gasteiger partial charge in [-0.1, -0.05) is 12.2 Å². The van der Waals surface area contributed by atoms with Gasteiger partial charge >= 0.3 is 0 Å². The molecule has 0 amide bonds. The summed E-state index contributed by atoms with van der Waals surface area (Å²) >= 11 is 4.90. The van der Waals surface area contributed by atoms with Crippen LogP contribution in [0.3, 0.4) is 0 Å². The van der Waals surface area contributed by atoms with Crippen molar-refractivity contribution in [3.05, 3.63) is 4.64 Å². The molecule has 68 valence electrons. The van der Waals surface area contributed by atoms with Gasteiger partial charge in [-0.2, -0.15) is 0 Å². The van der Waals surface area contributed by atoms with Gasteiger partial charge in [0.05, 0.1) is 13.2 Å². The Labute approximate surface area is 74.7 Å². The Kier molecular flexibility index (Phi) is 3.20. The second-order valence-electron chi connectivity index (χ2n) is 2.19. The van der Waals surface area contributed by atoms with Crippen molar-refractivity contribution in [2.45, 2.75) is 0 Å². The fourth-order valence-corrected chi connectivity index (χ4v) is 0.937. The Morgan fingerprint density at radius 2 is 2.50 bits per heavy atom. The molecule has 1 aromatic rings. The van der Waals surface area contributed by atoms with E-state index in [-0.39, 0.29) is 0 Å². The number of aromatic nitrogens is 3. The number of rotatable bonds is 4. The van der Waals surface area contributed by atoms with Gasteiger partial charge in [-0.25, -0.2) is 11.1 Å². The van der Waals surface area contributed by atoms with Gasteiger partial charge in [0.25, 0.3) is 0 Å². The number of ether oxygens (including phenoxy) is 1. The number of hydrogen-bond acceptors (Lipinski definition) is 5. The van der Waals surface area contributed by atoms with Crippen LogP contribution in [0.15, 0.2) is 0 Å². The van der Waals surface area contributed by atoms with Crippen LogP contribution in [0.5, 0.6) is 0 Å². The number of hydrazine groups is 1. The zero-order valence-electron chi connectivity index (χ0n) is 6.70. The van der Waals surface area contributed by atoms with Crippen LogP contribution in [0.1, 0.15) is 0 Å². The van der Waals surface area contributed by atoms with Crippen LogP contribution in [0.2, 0.25) is 0 Å². The molecule has 0 spiro atoms. The molecule has 6 nitrogen and oxygen atoms in total. The largest absolute Gasteiger partial charge is 0.383 e. The smallest absolute Gasteiger partial charge is 0.201 e. The van der Waals surface area contributed by atoms with E-state index >= 15 is 0 Å². The van der Waals surface area contributed by atoms with Gasteiger partial charge in [-0.3, -0.25) is 10.1 Å². The fraction of sp³-hybridized carbons (Fsp3) is 0.600. The number of nitrogens with two attached hydrogens (primary N) is 1. The lowest BCUT2D eigenvalue weighted by molar-refractivity contribution is 0.205. The third kappa shape index (κ3) is 2.03. The Morgan fingerprint density at radius 3 is 3.00 bits per heavy atom. The first-order valence-electron chi connectivity index (χ1n) is 3.40. The van der Waals surface area contributed by atoms with Gasteiger partial charge in [-0.05, 0) is 0 Å². The van der Waals surface area contributed by atoms with Crippen molar-refractivity contribution in [3.63, 3.8) is 0 Å². The van der Waals surface area contributed by atoms with Crippen molar-refractivity contribution in [3.8, 4) is 0 Å². The Bertz CT molecular complexity index is 281. The lowest BCUT2D eigenvalue weighted by Gasteiger charge is -2.13. The summed E-state index contributed by atoms with van der Waals surface area (Å²) in [5, 5.41) is 10.4. The molecule has 1 rings (SSSR count). The topological polar surface area (TPSA) is 83.0 Å². The van der Waals surface area contributed by atoms with Crippen LogP contribution in [0.25, 0.3) is 0 Å². The summed E-state index contributed by atoms with van der Waals surface area (Å²) in [7, 11) is 1.61. The van der Waals surface area contributed by atoms with Crippen molar-refractivity contribution >= 4 is 18.0 Å². The van der Waals surface area contributed by atoms with E-state index in [9.17, 15) is 0 Å². The molecule has 0 atom stereocenters. The van der Waals surface area contributed by atoms with Crippen molar-refractivity contribution in [1.29, 1.82) is 0 Å². The van der Waals surface area contributed by atoms with Crippen LogP contribution in [0, 0.1) is 4.64 Å². The molecule has 0 saturated heterocycles. The quantitative estimate of drug-likeness (QED) is 0.347. The van der Waals surface area contributed by atoms with Crippen molar-refractivity contribution < 1.29 is 4.74 Å². The summed E-state index contributed by atoms with van der Waals surface area (Å²) in [4.78, 5) is 0. The molecule has 1 heterocycles. The molecule has 0 aliphatic carbocycles. The number of methoxy groups -OCH3 is 1. The lowest BCUT2D eigenvalue weighted by atomic mass is 10.6. The standard InChI is InChI=1S/C5H11N5OS/c1-11-3-2-10(6)4-5(12)8-9-7-4/h2-3,6H2,1H3,(H2,7,8,9,12). The maximum Gasteiger partial charge on any atom is 0.201 e. The van der Waals surface area contributed by atoms with Crippen LogP contribution in [0.4, 0.5) is 5.82 Å². The second kappa shape index (κ2) is 4.19. The molecule has 0 aromatic carbocycles. The predicted molar refractivity (Wildman–Crippen MR) is 47.2 cm³/mol. The monoisotopic (exact) mass is 189 g/mol. The number of anilines is 1. The summed E-state index contributed by atoms with van der Waals surface area (Å²) in [6.07, 6.45) is 0. The Balaban J connectivity index is 2.59. The van der Waals surface area contributed by atoms with Crippen molar-refractivity contribution in [1.82, 2.24) is 15.4 Å². The Morgan fingerprint density at radius 1 is 1.75 bits per heavy atom. The fourth-order valence-electron chi connectivity index (χ4n) is 0.729. The van der Waals surface area contributed by atoms with Crippen molar-refractivity contribution in [2.75, 3.05) is 25.3 Å². The van der Waals surface area contributed by atoms with Crippen molar-refractivity contribution in [2.24, 2.45) is 5.84 Å². The van der Waals surface area contributed by atoms with Crippen LogP contribution in [-0.2, 0) is 4.74 Å². The predicted octanol–water partition coefficient (Wildman–Crippen LogP) is -0.206. The van der Waals surface area contributed by atoms with E-state index in [1.165, 1.54) is 5.01 Å². The lowest BCUT2D eigenvalue weighted by Crippen LogP contribution is -2.34. The summed E-state index contributed by atoms with van der Waals surface area (Å²) in [5.74, 6) is 6.14. The van der Waals surface area contributed by atoms with Gasteiger partial charge in [0, 0.05) is 7.11 Å². The van der Waals surface area contributed by atoms with E-state index < -0.39 is 0 Å². The Hall–Kier alpha value is -0.920. The molecular weight excluding hydrogens is 178 g/mol. The average Bonchev–Trinajstić information content (AvgIpc) is 2.47. The van der Waals surface area contributed by atoms with Gasteiger partial charge in [0.15, 0.2) is 4.64 Å². The van der Waals surface area contributed by atoms with Gasteiger partial charge in [0.1, 0.15) is 0 Å². The molecule has 12 heavy (non-hydrogen) atoms. The number of H-pyrrole nitrogens is 2. The second-order valence-corrected chi connectivity index (χ2v) is 2.60. The van der Waals surface area contributed by atoms with E-state index in [0.717, 1.165) is 0 Å². The first-order valence-corrected chi connectivity index (χ1v) is 3.80. The first-order chi connectivity index (χ1) is 5.75. The van der Waals surface area contributed by atoms with Crippen LogP contribution in [-0.4, -0.2) is 35.7 Å². The normalized spacial score (nSPS) is 10.2. The maximum atomic E-state index is 5.61. The highest BCUT2D eigenvalue weighted by Crippen LogP contribution is 2.04.